The van der Waals surface area contributed by atoms with Crippen LogP contribution in [0.1, 0.15) is 12.7 Å². The number of aryl methyl sites for hydroxylation is 1. The molecule has 2 aromatic rings. The molecule has 0 aliphatic rings. The van der Waals surface area contributed by atoms with E-state index >= 15 is 0 Å². The van der Waals surface area contributed by atoms with Gasteiger partial charge in [-0.3, -0.25) is 0 Å². The van der Waals surface area contributed by atoms with E-state index < -0.39 is 6.16 Å². The molecule has 0 radical (unpaired) electrons. The van der Waals surface area contributed by atoms with Crippen LogP contribution in [-0.2, 0) is 4.74 Å². The van der Waals surface area contributed by atoms with Gasteiger partial charge in [0.2, 0.25) is 5.88 Å². The fourth-order valence-corrected chi connectivity index (χ4v) is 1.46. The Bertz CT molecular complexity index is 554. The van der Waals surface area contributed by atoms with E-state index in [4.69, 9.17) is 9.47 Å². The molecule has 5 nitrogen and oxygen atoms in total. The Morgan fingerprint density at radius 3 is 2.82 bits per heavy atom. The summed E-state index contributed by atoms with van der Waals surface area (Å²) in [6.45, 7) is 3.72. The van der Waals surface area contributed by atoms with Crippen LogP contribution in [0.15, 0.2) is 24.3 Å². The highest BCUT2D eigenvalue weighted by Crippen LogP contribution is 2.22. The van der Waals surface area contributed by atoms with E-state index in [9.17, 15) is 4.79 Å². The molecule has 0 saturated carbocycles. The first-order chi connectivity index (χ1) is 8.20. The molecule has 0 fully saturated rings. The molecule has 1 heterocycles. The number of hydrogen-bond acceptors (Lipinski definition) is 5. The van der Waals surface area contributed by atoms with E-state index in [0.29, 0.717) is 11.2 Å². The third kappa shape index (κ3) is 2.50. The van der Waals surface area contributed by atoms with Crippen molar-refractivity contribution in [1.29, 1.82) is 0 Å². The third-order valence-electron chi connectivity index (χ3n) is 2.12. The molecule has 0 amide bonds. The number of carbonyl (C=O) groups is 1. The minimum absolute atomic E-state index is 0.228. The highest BCUT2D eigenvalue weighted by molar-refractivity contribution is 5.85. The summed E-state index contributed by atoms with van der Waals surface area (Å²) in [6, 6.07) is 7.33. The third-order valence-corrected chi connectivity index (χ3v) is 2.12. The van der Waals surface area contributed by atoms with Crippen LogP contribution in [0, 0.1) is 6.92 Å². The Hall–Kier alpha value is -2.17. The predicted octanol–water partition coefficient (Wildman–Crippen LogP) is 2.47. The van der Waals surface area contributed by atoms with Gasteiger partial charge < -0.3 is 9.47 Å². The molecule has 1 aromatic carbocycles. The fourth-order valence-electron chi connectivity index (χ4n) is 1.46. The summed E-state index contributed by atoms with van der Waals surface area (Å²) >= 11 is 0. The molecule has 2 rings (SSSR count). The van der Waals surface area contributed by atoms with Crippen LogP contribution < -0.4 is 4.74 Å². The molecule has 0 aliphatic heterocycles. The first kappa shape index (κ1) is 11.3. The van der Waals surface area contributed by atoms with Gasteiger partial charge in [0.05, 0.1) is 17.5 Å². The zero-order chi connectivity index (χ0) is 12.3. The van der Waals surface area contributed by atoms with Gasteiger partial charge in [0.25, 0.3) is 0 Å². The molecule has 88 valence electrons. The van der Waals surface area contributed by atoms with Crippen molar-refractivity contribution in [3.63, 3.8) is 0 Å². The zero-order valence-corrected chi connectivity index (χ0v) is 9.64. The minimum Gasteiger partial charge on any atom is -0.434 e. The van der Waals surface area contributed by atoms with Gasteiger partial charge in [0, 0.05) is 0 Å². The lowest BCUT2D eigenvalue weighted by Crippen LogP contribution is -2.11. The lowest BCUT2D eigenvalue weighted by Gasteiger charge is -2.06. The van der Waals surface area contributed by atoms with Gasteiger partial charge in [-0.1, -0.05) is 12.1 Å². The van der Waals surface area contributed by atoms with Crippen LogP contribution >= 0.6 is 0 Å². The Balaban J connectivity index is 2.42. The van der Waals surface area contributed by atoms with Crippen LogP contribution in [0.4, 0.5) is 4.79 Å². The number of benzene rings is 1. The SMILES string of the molecule is CCOC(=O)Oc1nc(C)nc2ccccc12. The maximum absolute atomic E-state index is 11.3. The van der Waals surface area contributed by atoms with Gasteiger partial charge in [-0.2, -0.15) is 4.98 Å². The quantitative estimate of drug-likeness (QED) is 0.744. The van der Waals surface area contributed by atoms with Crippen molar-refractivity contribution in [2.45, 2.75) is 13.8 Å². The molecule has 0 bridgehead atoms. The van der Waals surface area contributed by atoms with Crippen molar-refractivity contribution in [3.8, 4) is 5.88 Å². The summed E-state index contributed by atoms with van der Waals surface area (Å²) in [5.41, 5.74) is 0.735. The second kappa shape index (κ2) is 4.78. The molecule has 0 saturated heterocycles. The molecule has 0 spiro atoms. The van der Waals surface area contributed by atoms with Crippen molar-refractivity contribution in [3.05, 3.63) is 30.1 Å². The number of para-hydroxylation sites is 1. The number of ether oxygens (including phenoxy) is 2. The van der Waals surface area contributed by atoms with Crippen molar-refractivity contribution in [2.24, 2.45) is 0 Å². The van der Waals surface area contributed by atoms with Crippen LogP contribution in [0.5, 0.6) is 5.88 Å². The maximum atomic E-state index is 11.3. The molecule has 17 heavy (non-hydrogen) atoms. The standard InChI is InChI=1S/C12H12N2O3/c1-3-16-12(15)17-11-9-6-4-5-7-10(9)13-8(2)14-11/h4-7H,3H2,1-2H3. The average molecular weight is 232 g/mol. The highest BCUT2D eigenvalue weighted by Gasteiger charge is 2.11. The van der Waals surface area contributed by atoms with Crippen LogP contribution in [-0.4, -0.2) is 22.7 Å². The molecule has 1 aromatic heterocycles. The fraction of sp³-hybridized carbons (Fsp3) is 0.250. The van der Waals surface area contributed by atoms with Crippen LogP contribution in [0.2, 0.25) is 0 Å². The summed E-state index contributed by atoms with van der Waals surface area (Å²) in [4.78, 5) is 19.6. The second-order valence-electron chi connectivity index (χ2n) is 3.38. The van der Waals surface area contributed by atoms with E-state index in [2.05, 4.69) is 9.97 Å². The van der Waals surface area contributed by atoms with Gasteiger partial charge in [0.15, 0.2) is 0 Å². The Morgan fingerprint density at radius 2 is 2.06 bits per heavy atom. The Kier molecular flexibility index (Phi) is 3.18. The topological polar surface area (TPSA) is 61.3 Å². The van der Waals surface area contributed by atoms with Gasteiger partial charge >= 0.3 is 6.16 Å². The van der Waals surface area contributed by atoms with Gasteiger partial charge in [0.1, 0.15) is 5.82 Å². The van der Waals surface area contributed by atoms with Gasteiger partial charge in [-0.25, -0.2) is 9.78 Å². The maximum Gasteiger partial charge on any atom is 0.515 e. The van der Waals surface area contributed by atoms with Crippen molar-refractivity contribution < 1.29 is 14.3 Å². The smallest absolute Gasteiger partial charge is 0.434 e. The normalized spacial score (nSPS) is 10.2. The molecule has 0 N–H and O–H groups in total. The monoisotopic (exact) mass is 232 g/mol. The van der Waals surface area contributed by atoms with Crippen molar-refractivity contribution in [2.75, 3.05) is 6.61 Å². The van der Waals surface area contributed by atoms with Gasteiger partial charge in [-0.15, -0.1) is 0 Å². The molecule has 5 heteroatoms. The Labute approximate surface area is 98.4 Å². The predicted molar refractivity (Wildman–Crippen MR) is 61.9 cm³/mol. The minimum atomic E-state index is -0.754. The highest BCUT2D eigenvalue weighted by atomic mass is 16.7. The largest absolute Gasteiger partial charge is 0.515 e. The van der Waals surface area contributed by atoms with Crippen LogP contribution in [0.25, 0.3) is 10.9 Å². The van der Waals surface area contributed by atoms with E-state index in [1.54, 1.807) is 19.9 Å². The number of nitrogens with zero attached hydrogens (tertiary/aromatic N) is 2. The van der Waals surface area contributed by atoms with Crippen molar-refractivity contribution in [1.82, 2.24) is 9.97 Å². The number of aromatic nitrogens is 2. The summed E-state index contributed by atoms with van der Waals surface area (Å²) in [6.07, 6.45) is -0.754. The summed E-state index contributed by atoms with van der Waals surface area (Å²) in [5.74, 6) is 0.773. The lowest BCUT2D eigenvalue weighted by atomic mass is 10.2. The number of fused-ring (bicyclic) bond motifs is 1. The van der Waals surface area contributed by atoms with Gasteiger partial charge in [-0.05, 0) is 26.0 Å². The summed E-state index contributed by atoms with van der Waals surface area (Å²) in [7, 11) is 0. The summed E-state index contributed by atoms with van der Waals surface area (Å²) < 4.78 is 9.75. The second-order valence-corrected chi connectivity index (χ2v) is 3.38. The van der Waals surface area contributed by atoms with Crippen LogP contribution in [0.3, 0.4) is 0 Å². The average Bonchev–Trinajstić information content (AvgIpc) is 2.29. The first-order valence-corrected chi connectivity index (χ1v) is 5.28. The zero-order valence-electron chi connectivity index (χ0n) is 9.64. The van der Waals surface area contributed by atoms with E-state index in [-0.39, 0.29) is 12.5 Å². The molecular weight excluding hydrogens is 220 g/mol. The summed E-state index contributed by atoms with van der Waals surface area (Å²) in [5, 5.41) is 0.686. The lowest BCUT2D eigenvalue weighted by molar-refractivity contribution is 0.103. The molecule has 0 aliphatic carbocycles. The Morgan fingerprint density at radius 1 is 1.29 bits per heavy atom. The molecule has 0 unspecified atom stereocenters. The van der Waals surface area contributed by atoms with E-state index in [0.717, 1.165) is 5.52 Å². The number of rotatable bonds is 2. The first-order valence-electron chi connectivity index (χ1n) is 5.28. The molecule has 0 atom stereocenters. The van der Waals surface area contributed by atoms with Crippen molar-refractivity contribution >= 4 is 17.1 Å². The van der Waals surface area contributed by atoms with E-state index in [1.807, 2.05) is 18.2 Å². The van der Waals surface area contributed by atoms with E-state index in [1.165, 1.54) is 0 Å². The number of carbonyl (C=O) groups excluding carboxylic acids is 1. The molecular formula is C12H12N2O3. The number of hydrogen-bond donors (Lipinski definition) is 0.